The highest BCUT2D eigenvalue weighted by atomic mass is 35.5. The van der Waals surface area contributed by atoms with Gasteiger partial charge in [-0.2, -0.15) is 0 Å². The van der Waals surface area contributed by atoms with E-state index in [4.69, 9.17) is 25.8 Å². The molecular formula is C16H15ClO4. The number of ketones is 1. The maximum atomic E-state index is 12.6. The van der Waals surface area contributed by atoms with Crippen LogP contribution in [-0.4, -0.2) is 27.1 Å². The zero-order valence-electron chi connectivity index (χ0n) is 12.0. The summed E-state index contributed by atoms with van der Waals surface area (Å²) < 4.78 is 15.7. The largest absolute Gasteiger partial charge is 0.493 e. The molecule has 0 amide bonds. The van der Waals surface area contributed by atoms with Crippen LogP contribution in [0.15, 0.2) is 36.4 Å². The van der Waals surface area contributed by atoms with E-state index in [1.54, 1.807) is 36.4 Å². The molecule has 0 atom stereocenters. The Morgan fingerprint density at radius 1 is 0.952 bits per heavy atom. The molecule has 0 N–H and O–H groups in total. The summed E-state index contributed by atoms with van der Waals surface area (Å²) in [5, 5.41) is 0.399. The first-order valence-electron chi connectivity index (χ1n) is 6.21. The third kappa shape index (κ3) is 2.95. The van der Waals surface area contributed by atoms with E-state index in [1.165, 1.54) is 21.3 Å². The molecule has 2 aromatic carbocycles. The van der Waals surface area contributed by atoms with Gasteiger partial charge in [-0.1, -0.05) is 23.7 Å². The van der Waals surface area contributed by atoms with Crippen molar-refractivity contribution in [2.24, 2.45) is 0 Å². The summed E-state index contributed by atoms with van der Waals surface area (Å²) >= 11 is 6.07. The molecule has 110 valence electrons. The van der Waals surface area contributed by atoms with E-state index in [1.807, 2.05) is 0 Å². The molecule has 2 rings (SSSR count). The molecular weight excluding hydrogens is 292 g/mol. The van der Waals surface area contributed by atoms with Gasteiger partial charge < -0.3 is 14.2 Å². The predicted octanol–water partition coefficient (Wildman–Crippen LogP) is 3.60. The maximum Gasteiger partial charge on any atom is 0.203 e. The number of carbonyl (C=O) groups excluding carboxylic acids is 1. The molecule has 5 heteroatoms. The molecule has 21 heavy (non-hydrogen) atoms. The number of rotatable bonds is 5. The second-order valence-electron chi connectivity index (χ2n) is 4.22. The van der Waals surface area contributed by atoms with Crippen LogP contribution in [0.4, 0.5) is 0 Å². The number of methoxy groups -OCH3 is 3. The first kappa shape index (κ1) is 15.2. The van der Waals surface area contributed by atoms with E-state index in [0.29, 0.717) is 33.4 Å². The Morgan fingerprint density at radius 3 is 2.00 bits per heavy atom. The van der Waals surface area contributed by atoms with E-state index < -0.39 is 0 Å². The molecule has 0 heterocycles. The second-order valence-corrected chi connectivity index (χ2v) is 4.63. The lowest BCUT2D eigenvalue weighted by Gasteiger charge is -2.14. The van der Waals surface area contributed by atoms with Crippen molar-refractivity contribution < 1.29 is 19.0 Å². The van der Waals surface area contributed by atoms with Gasteiger partial charge in [0.1, 0.15) is 0 Å². The molecule has 0 aliphatic heterocycles. The van der Waals surface area contributed by atoms with Gasteiger partial charge in [-0.05, 0) is 24.3 Å². The summed E-state index contributed by atoms with van der Waals surface area (Å²) in [4.78, 5) is 12.6. The van der Waals surface area contributed by atoms with Crippen LogP contribution in [-0.2, 0) is 0 Å². The number of ether oxygens (including phenoxy) is 3. The zero-order valence-corrected chi connectivity index (χ0v) is 12.7. The minimum atomic E-state index is -0.208. The van der Waals surface area contributed by atoms with Crippen molar-refractivity contribution in [3.05, 3.63) is 52.5 Å². The van der Waals surface area contributed by atoms with E-state index in [2.05, 4.69) is 0 Å². The average Bonchev–Trinajstić information content (AvgIpc) is 2.53. The summed E-state index contributed by atoms with van der Waals surface area (Å²) in [6, 6.07) is 10.1. The van der Waals surface area contributed by atoms with Crippen LogP contribution in [0.25, 0.3) is 0 Å². The fourth-order valence-corrected chi connectivity index (χ4v) is 2.23. The van der Waals surface area contributed by atoms with Crippen molar-refractivity contribution in [3.63, 3.8) is 0 Å². The average molecular weight is 307 g/mol. The molecule has 0 spiro atoms. The van der Waals surface area contributed by atoms with Gasteiger partial charge in [-0.25, -0.2) is 0 Å². The summed E-state index contributed by atoms with van der Waals surface area (Å²) in [7, 11) is 4.51. The minimum absolute atomic E-state index is 0.208. The predicted molar refractivity (Wildman–Crippen MR) is 81.0 cm³/mol. The first-order chi connectivity index (χ1) is 10.1. The lowest BCUT2D eigenvalue weighted by molar-refractivity contribution is 0.103. The topological polar surface area (TPSA) is 44.8 Å². The van der Waals surface area contributed by atoms with Gasteiger partial charge in [-0.3, -0.25) is 4.79 Å². The van der Waals surface area contributed by atoms with E-state index in [9.17, 15) is 4.79 Å². The van der Waals surface area contributed by atoms with Crippen LogP contribution in [0.2, 0.25) is 5.02 Å². The molecule has 0 bridgehead atoms. The molecule has 0 aromatic heterocycles. The Labute approximate surface area is 128 Å². The van der Waals surface area contributed by atoms with Gasteiger partial charge >= 0.3 is 0 Å². The lowest BCUT2D eigenvalue weighted by atomic mass is 10.0. The molecule has 0 saturated carbocycles. The quantitative estimate of drug-likeness (QED) is 0.792. The molecule has 0 fully saturated rings. The zero-order chi connectivity index (χ0) is 15.4. The lowest BCUT2D eigenvalue weighted by Crippen LogP contribution is -2.04. The fraction of sp³-hybridized carbons (Fsp3) is 0.188. The van der Waals surface area contributed by atoms with Crippen LogP contribution >= 0.6 is 11.6 Å². The normalized spacial score (nSPS) is 10.1. The van der Waals surface area contributed by atoms with Crippen LogP contribution < -0.4 is 14.2 Å². The smallest absolute Gasteiger partial charge is 0.203 e. The molecule has 0 aliphatic carbocycles. The summed E-state index contributed by atoms with van der Waals surface area (Å²) in [6.45, 7) is 0. The van der Waals surface area contributed by atoms with Crippen molar-refractivity contribution in [2.75, 3.05) is 21.3 Å². The van der Waals surface area contributed by atoms with Crippen molar-refractivity contribution >= 4 is 17.4 Å². The Morgan fingerprint density at radius 2 is 1.52 bits per heavy atom. The highest BCUT2D eigenvalue weighted by Crippen LogP contribution is 2.39. The molecule has 2 aromatic rings. The molecule has 0 radical (unpaired) electrons. The van der Waals surface area contributed by atoms with Crippen molar-refractivity contribution in [2.45, 2.75) is 0 Å². The van der Waals surface area contributed by atoms with Crippen LogP contribution in [0.3, 0.4) is 0 Å². The number of carbonyl (C=O) groups is 1. The Kier molecular flexibility index (Phi) is 4.70. The molecule has 0 saturated heterocycles. The van der Waals surface area contributed by atoms with E-state index in [0.717, 1.165) is 0 Å². The minimum Gasteiger partial charge on any atom is -0.493 e. The summed E-state index contributed by atoms with van der Waals surface area (Å²) in [5.41, 5.74) is 0.839. The van der Waals surface area contributed by atoms with Crippen molar-refractivity contribution in [1.82, 2.24) is 0 Å². The van der Waals surface area contributed by atoms with Gasteiger partial charge in [0.25, 0.3) is 0 Å². The monoisotopic (exact) mass is 306 g/mol. The third-order valence-electron chi connectivity index (χ3n) is 3.05. The number of benzene rings is 2. The van der Waals surface area contributed by atoms with Crippen LogP contribution in [0, 0.1) is 0 Å². The Balaban J connectivity index is 2.54. The number of hydrogen-bond acceptors (Lipinski definition) is 4. The van der Waals surface area contributed by atoms with E-state index >= 15 is 0 Å². The molecule has 0 unspecified atom stereocenters. The molecule has 0 aliphatic rings. The van der Waals surface area contributed by atoms with Crippen molar-refractivity contribution in [3.8, 4) is 17.2 Å². The highest BCUT2D eigenvalue weighted by molar-refractivity contribution is 6.35. The van der Waals surface area contributed by atoms with Gasteiger partial charge in [0.2, 0.25) is 5.75 Å². The number of hydrogen-bond donors (Lipinski definition) is 0. The Bertz CT molecular complexity index is 642. The molecule has 4 nitrogen and oxygen atoms in total. The van der Waals surface area contributed by atoms with Gasteiger partial charge in [-0.15, -0.1) is 0 Å². The van der Waals surface area contributed by atoms with Gasteiger partial charge in [0.15, 0.2) is 17.3 Å². The number of halogens is 1. The maximum absolute atomic E-state index is 12.6. The second kappa shape index (κ2) is 6.50. The van der Waals surface area contributed by atoms with Crippen LogP contribution in [0.5, 0.6) is 17.2 Å². The van der Waals surface area contributed by atoms with E-state index in [-0.39, 0.29) is 5.78 Å². The third-order valence-corrected chi connectivity index (χ3v) is 3.37. The highest BCUT2D eigenvalue weighted by Gasteiger charge is 2.19. The Hall–Kier alpha value is -2.20. The van der Waals surface area contributed by atoms with Gasteiger partial charge in [0, 0.05) is 11.1 Å². The fourth-order valence-electron chi connectivity index (χ4n) is 2.01. The summed E-state index contributed by atoms with van der Waals surface area (Å²) in [6.07, 6.45) is 0. The van der Waals surface area contributed by atoms with Crippen molar-refractivity contribution in [1.29, 1.82) is 0 Å². The van der Waals surface area contributed by atoms with Crippen LogP contribution in [0.1, 0.15) is 15.9 Å². The standard InChI is InChI=1S/C16H15ClO4/c1-19-13-8-10(9-14(20-2)16(13)21-3)15(18)11-6-4-5-7-12(11)17/h4-9H,1-3H3. The summed E-state index contributed by atoms with van der Waals surface area (Å²) in [5.74, 6) is 1.08. The SMILES string of the molecule is COc1cc(C(=O)c2ccccc2Cl)cc(OC)c1OC. The van der Waals surface area contributed by atoms with Gasteiger partial charge in [0.05, 0.1) is 26.4 Å². The first-order valence-corrected chi connectivity index (χ1v) is 6.59.